The highest BCUT2D eigenvalue weighted by Crippen LogP contribution is 2.05. The minimum Gasteiger partial charge on any atom is -0.330 e. The molecule has 5 heteroatoms. The van der Waals surface area contributed by atoms with Gasteiger partial charge in [0.1, 0.15) is 0 Å². The number of hydrogen-bond donors (Lipinski definition) is 1. The van der Waals surface area contributed by atoms with Crippen LogP contribution in [-0.2, 0) is 7.05 Å². The fourth-order valence-corrected chi connectivity index (χ4v) is 1.21. The Balaban J connectivity index is 2.15. The van der Waals surface area contributed by atoms with Crippen LogP contribution in [0.2, 0.25) is 0 Å². The molecule has 0 fully saturated rings. The van der Waals surface area contributed by atoms with Crippen LogP contribution in [0, 0.1) is 0 Å². The van der Waals surface area contributed by atoms with Crippen molar-refractivity contribution in [2.45, 2.75) is 0 Å². The molecule has 2 heterocycles. The zero-order chi connectivity index (χ0) is 10.7. The van der Waals surface area contributed by atoms with Gasteiger partial charge in [-0.25, -0.2) is 4.98 Å². The van der Waals surface area contributed by atoms with Crippen molar-refractivity contribution in [1.29, 1.82) is 0 Å². The lowest BCUT2D eigenvalue weighted by molar-refractivity contribution is 0.101. The van der Waals surface area contributed by atoms with Crippen molar-refractivity contribution in [1.82, 2.24) is 14.5 Å². The van der Waals surface area contributed by atoms with Crippen LogP contribution in [0.15, 0.2) is 36.9 Å². The summed E-state index contributed by atoms with van der Waals surface area (Å²) in [7, 11) is 1.77. The van der Waals surface area contributed by atoms with Crippen LogP contribution in [0.4, 0.5) is 5.69 Å². The molecule has 0 saturated carbocycles. The van der Waals surface area contributed by atoms with Gasteiger partial charge in [0.05, 0.1) is 0 Å². The number of aryl methyl sites for hydroxylation is 1. The summed E-state index contributed by atoms with van der Waals surface area (Å²) in [5.74, 6) is 0.153. The monoisotopic (exact) mass is 202 g/mol. The van der Waals surface area contributed by atoms with E-state index in [1.165, 1.54) is 0 Å². The second-order valence-electron chi connectivity index (χ2n) is 3.05. The van der Waals surface area contributed by atoms with E-state index in [-0.39, 0.29) is 5.91 Å². The van der Waals surface area contributed by atoms with Gasteiger partial charge in [-0.2, -0.15) is 0 Å². The van der Waals surface area contributed by atoms with Crippen molar-refractivity contribution in [3.63, 3.8) is 0 Å². The van der Waals surface area contributed by atoms with Crippen LogP contribution in [-0.4, -0.2) is 20.4 Å². The number of hydrogen-bond acceptors (Lipinski definition) is 3. The molecule has 0 unspecified atom stereocenters. The molecule has 1 amide bonds. The van der Waals surface area contributed by atoms with Gasteiger partial charge in [-0.3, -0.25) is 9.78 Å². The normalized spacial score (nSPS) is 9.93. The Bertz CT molecular complexity index is 463. The third-order valence-electron chi connectivity index (χ3n) is 1.96. The van der Waals surface area contributed by atoms with Crippen LogP contribution in [0.3, 0.4) is 0 Å². The molecule has 5 nitrogen and oxygen atoms in total. The Kier molecular flexibility index (Phi) is 2.45. The second kappa shape index (κ2) is 3.91. The maximum absolute atomic E-state index is 11.7. The molecule has 15 heavy (non-hydrogen) atoms. The smallest absolute Gasteiger partial charge is 0.291 e. The van der Waals surface area contributed by atoms with Crippen molar-refractivity contribution in [2.24, 2.45) is 7.05 Å². The maximum Gasteiger partial charge on any atom is 0.291 e. The van der Waals surface area contributed by atoms with E-state index in [2.05, 4.69) is 15.3 Å². The molecule has 0 aliphatic carbocycles. The summed E-state index contributed by atoms with van der Waals surface area (Å²) in [6.07, 6.45) is 6.55. The number of anilines is 1. The van der Waals surface area contributed by atoms with Crippen LogP contribution in [0.5, 0.6) is 0 Å². The molecule has 2 aromatic heterocycles. The molecular formula is C10H10N4O. The lowest BCUT2D eigenvalue weighted by Crippen LogP contribution is -2.16. The quantitative estimate of drug-likeness (QED) is 0.792. The highest BCUT2D eigenvalue weighted by molar-refractivity contribution is 6.01. The van der Waals surface area contributed by atoms with Gasteiger partial charge in [0.25, 0.3) is 5.91 Å². The zero-order valence-corrected chi connectivity index (χ0v) is 8.21. The molecule has 0 radical (unpaired) electrons. The van der Waals surface area contributed by atoms with E-state index >= 15 is 0 Å². The maximum atomic E-state index is 11.7. The standard InChI is InChI=1S/C10H10N4O/c1-14-7-6-12-9(14)10(15)13-8-2-4-11-5-3-8/h2-7H,1H3,(H,11,13,15). The van der Waals surface area contributed by atoms with Gasteiger partial charge in [-0.15, -0.1) is 0 Å². The summed E-state index contributed by atoms with van der Waals surface area (Å²) in [5, 5.41) is 2.72. The first kappa shape index (κ1) is 9.39. The first-order chi connectivity index (χ1) is 7.27. The fourth-order valence-electron chi connectivity index (χ4n) is 1.21. The van der Waals surface area contributed by atoms with Gasteiger partial charge in [-0.1, -0.05) is 0 Å². The van der Waals surface area contributed by atoms with Gasteiger partial charge < -0.3 is 9.88 Å². The predicted octanol–water partition coefficient (Wildman–Crippen LogP) is 1.07. The first-order valence-electron chi connectivity index (χ1n) is 4.46. The molecule has 0 saturated heterocycles. The highest BCUT2D eigenvalue weighted by atomic mass is 16.2. The predicted molar refractivity (Wildman–Crippen MR) is 55.4 cm³/mol. The number of nitrogens with one attached hydrogen (secondary N) is 1. The molecule has 0 bridgehead atoms. The van der Waals surface area contributed by atoms with E-state index < -0.39 is 0 Å². The topological polar surface area (TPSA) is 59.8 Å². The molecule has 0 spiro atoms. The fraction of sp³-hybridized carbons (Fsp3) is 0.100. The van der Waals surface area contributed by atoms with Crippen LogP contribution < -0.4 is 5.32 Å². The largest absolute Gasteiger partial charge is 0.330 e. The number of nitrogens with zero attached hydrogens (tertiary/aromatic N) is 3. The average Bonchev–Trinajstić information content (AvgIpc) is 2.66. The summed E-state index contributed by atoms with van der Waals surface area (Å²) in [6.45, 7) is 0. The SMILES string of the molecule is Cn1ccnc1C(=O)Nc1ccncc1. The lowest BCUT2D eigenvalue weighted by Gasteiger charge is -2.03. The lowest BCUT2D eigenvalue weighted by atomic mass is 10.4. The van der Waals surface area contributed by atoms with Crippen molar-refractivity contribution in [3.8, 4) is 0 Å². The Morgan fingerprint density at radius 2 is 2.07 bits per heavy atom. The molecular weight excluding hydrogens is 192 g/mol. The number of pyridine rings is 1. The minimum absolute atomic E-state index is 0.228. The summed E-state index contributed by atoms with van der Waals surface area (Å²) in [6, 6.07) is 3.45. The Hall–Kier alpha value is -2.17. The minimum atomic E-state index is -0.228. The summed E-state index contributed by atoms with van der Waals surface area (Å²) < 4.78 is 1.66. The van der Waals surface area contributed by atoms with Crippen molar-refractivity contribution in [3.05, 3.63) is 42.7 Å². The van der Waals surface area contributed by atoms with Crippen molar-refractivity contribution in [2.75, 3.05) is 5.32 Å². The Morgan fingerprint density at radius 1 is 1.33 bits per heavy atom. The number of carbonyl (C=O) groups is 1. The molecule has 0 aliphatic heterocycles. The van der Waals surface area contributed by atoms with E-state index in [0.717, 1.165) is 0 Å². The third kappa shape index (κ3) is 2.01. The van der Waals surface area contributed by atoms with Crippen LogP contribution >= 0.6 is 0 Å². The summed E-state index contributed by atoms with van der Waals surface area (Å²) in [5.41, 5.74) is 0.706. The molecule has 2 rings (SSSR count). The average molecular weight is 202 g/mol. The molecule has 0 atom stereocenters. The van der Waals surface area contributed by atoms with Gasteiger partial charge in [-0.05, 0) is 12.1 Å². The second-order valence-corrected chi connectivity index (χ2v) is 3.05. The van der Waals surface area contributed by atoms with E-state index in [1.807, 2.05) is 0 Å². The Morgan fingerprint density at radius 3 is 2.67 bits per heavy atom. The summed E-state index contributed by atoms with van der Waals surface area (Å²) >= 11 is 0. The third-order valence-corrected chi connectivity index (χ3v) is 1.96. The molecule has 0 aliphatic rings. The van der Waals surface area contributed by atoms with Gasteiger partial charge in [0.2, 0.25) is 0 Å². The zero-order valence-electron chi connectivity index (χ0n) is 8.21. The van der Waals surface area contributed by atoms with Crippen molar-refractivity contribution < 1.29 is 4.79 Å². The van der Waals surface area contributed by atoms with Crippen molar-refractivity contribution >= 4 is 11.6 Å². The summed E-state index contributed by atoms with van der Waals surface area (Å²) in [4.78, 5) is 19.5. The molecule has 0 aromatic carbocycles. The number of amides is 1. The van der Waals surface area contributed by atoms with Gasteiger partial charge in [0, 0.05) is 37.5 Å². The van der Waals surface area contributed by atoms with E-state index in [9.17, 15) is 4.79 Å². The molecule has 76 valence electrons. The van der Waals surface area contributed by atoms with Gasteiger partial charge >= 0.3 is 0 Å². The number of aromatic nitrogens is 3. The van der Waals surface area contributed by atoms with Crippen LogP contribution in [0.1, 0.15) is 10.6 Å². The van der Waals surface area contributed by atoms with Gasteiger partial charge in [0.15, 0.2) is 5.82 Å². The number of rotatable bonds is 2. The van der Waals surface area contributed by atoms with Crippen LogP contribution in [0.25, 0.3) is 0 Å². The number of carbonyl (C=O) groups excluding carboxylic acids is 1. The first-order valence-corrected chi connectivity index (χ1v) is 4.46. The molecule has 1 N–H and O–H groups in total. The molecule has 2 aromatic rings. The Labute approximate surface area is 86.8 Å². The van der Waals surface area contributed by atoms with E-state index in [1.54, 1.807) is 48.5 Å². The highest BCUT2D eigenvalue weighted by Gasteiger charge is 2.10. The van der Waals surface area contributed by atoms with E-state index in [0.29, 0.717) is 11.5 Å². The van der Waals surface area contributed by atoms with E-state index in [4.69, 9.17) is 0 Å². The number of imidazole rings is 1.